The van der Waals surface area contributed by atoms with Crippen LogP contribution in [0.5, 0.6) is 0 Å². The maximum atomic E-state index is 12.7. The fourth-order valence-corrected chi connectivity index (χ4v) is 3.98. The summed E-state index contributed by atoms with van der Waals surface area (Å²) in [5, 5.41) is 4.94. The van der Waals surface area contributed by atoms with Gasteiger partial charge in [0.15, 0.2) is 5.78 Å². The van der Waals surface area contributed by atoms with Crippen LogP contribution in [0, 0.1) is 5.92 Å². The Balaban J connectivity index is 1.88. The summed E-state index contributed by atoms with van der Waals surface area (Å²) in [6.07, 6.45) is 2.66. The van der Waals surface area contributed by atoms with E-state index in [-0.39, 0.29) is 17.4 Å². The third-order valence-corrected chi connectivity index (χ3v) is 5.38. The van der Waals surface area contributed by atoms with Crippen LogP contribution in [-0.4, -0.2) is 16.7 Å². The summed E-state index contributed by atoms with van der Waals surface area (Å²) in [6, 6.07) is 5.26. The van der Waals surface area contributed by atoms with E-state index < -0.39 is 11.5 Å². The molecule has 0 fully saturated rings. The molecular weight excluding hydrogens is 336 g/mol. The molecule has 6 heteroatoms. The molecular formula is C19H22N2O3S. The summed E-state index contributed by atoms with van der Waals surface area (Å²) in [5.74, 6) is -0.0409. The van der Waals surface area contributed by atoms with E-state index in [1.807, 2.05) is 17.5 Å². The van der Waals surface area contributed by atoms with Crippen LogP contribution in [0.3, 0.4) is 0 Å². The summed E-state index contributed by atoms with van der Waals surface area (Å²) in [6.45, 7) is 4.19. The third kappa shape index (κ3) is 3.90. The Morgan fingerprint density at radius 2 is 2.12 bits per heavy atom. The summed E-state index contributed by atoms with van der Waals surface area (Å²) >= 11 is 1.58. The summed E-state index contributed by atoms with van der Waals surface area (Å²) in [5.41, 5.74) is 0.710. The Morgan fingerprint density at radius 1 is 1.32 bits per heavy atom. The van der Waals surface area contributed by atoms with Gasteiger partial charge in [-0.2, -0.15) is 0 Å². The molecule has 132 valence electrons. The fourth-order valence-electron chi connectivity index (χ4n) is 3.19. The molecule has 0 saturated heterocycles. The van der Waals surface area contributed by atoms with Crippen LogP contribution in [0.2, 0.25) is 0 Å². The van der Waals surface area contributed by atoms with E-state index in [1.54, 1.807) is 11.3 Å². The quantitative estimate of drug-likeness (QED) is 0.859. The summed E-state index contributed by atoms with van der Waals surface area (Å²) in [7, 11) is 0. The van der Waals surface area contributed by atoms with Gasteiger partial charge in [-0.3, -0.25) is 14.4 Å². The first-order valence-corrected chi connectivity index (χ1v) is 9.47. The van der Waals surface area contributed by atoms with Gasteiger partial charge >= 0.3 is 0 Å². The lowest BCUT2D eigenvalue weighted by Crippen LogP contribution is -2.34. The van der Waals surface area contributed by atoms with Crippen molar-refractivity contribution in [1.29, 1.82) is 0 Å². The normalized spacial score (nSPS) is 15.1. The highest BCUT2D eigenvalue weighted by atomic mass is 32.1. The number of carbonyl (C=O) groups excluding carboxylic acids is 2. The van der Waals surface area contributed by atoms with Gasteiger partial charge in [0.2, 0.25) is 0 Å². The fraction of sp³-hybridized carbons (Fsp3) is 0.421. The van der Waals surface area contributed by atoms with Crippen molar-refractivity contribution in [2.75, 3.05) is 0 Å². The molecule has 0 radical (unpaired) electrons. The SMILES string of the molecule is CC(C)C[C@@H](NC(=O)c1cc2c([nH]c1=O)CCCC2=O)c1cccs1. The molecule has 25 heavy (non-hydrogen) atoms. The van der Waals surface area contributed by atoms with Crippen LogP contribution in [-0.2, 0) is 6.42 Å². The van der Waals surface area contributed by atoms with Gasteiger partial charge in [-0.1, -0.05) is 19.9 Å². The van der Waals surface area contributed by atoms with Crippen molar-refractivity contribution in [2.45, 2.75) is 45.6 Å². The number of carbonyl (C=O) groups is 2. The van der Waals surface area contributed by atoms with Crippen molar-refractivity contribution >= 4 is 23.0 Å². The van der Waals surface area contributed by atoms with E-state index in [9.17, 15) is 14.4 Å². The van der Waals surface area contributed by atoms with Gasteiger partial charge in [0.25, 0.3) is 11.5 Å². The molecule has 1 aliphatic carbocycles. The average Bonchev–Trinajstić information content (AvgIpc) is 3.08. The second-order valence-electron chi connectivity index (χ2n) is 6.85. The number of Topliss-reactive ketones (excluding diaryl/α,β-unsaturated/α-hetero) is 1. The first kappa shape index (κ1) is 17.6. The van der Waals surface area contributed by atoms with Crippen LogP contribution in [0.4, 0.5) is 0 Å². The molecule has 1 atom stereocenters. The van der Waals surface area contributed by atoms with Crippen molar-refractivity contribution < 1.29 is 9.59 Å². The number of aromatic nitrogens is 1. The topological polar surface area (TPSA) is 79.0 Å². The van der Waals surface area contributed by atoms with Crippen LogP contribution >= 0.6 is 11.3 Å². The number of fused-ring (bicyclic) bond motifs is 1. The number of pyridine rings is 1. The number of aromatic amines is 1. The highest BCUT2D eigenvalue weighted by molar-refractivity contribution is 7.10. The molecule has 0 spiro atoms. The number of hydrogen-bond donors (Lipinski definition) is 2. The molecule has 0 saturated carbocycles. The lowest BCUT2D eigenvalue weighted by Gasteiger charge is -2.20. The molecule has 0 unspecified atom stereocenters. The van der Waals surface area contributed by atoms with E-state index in [1.165, 1.54) is 6.07 Å². The van der Waals surface area contributed by atoms with Gasteiger partial charge in [0, 0.05) is 22.6 Å². The Morgan fingerprint density at radius 3 is 2.80 bits per heavy atom. The van der Waals surface area contributed by atoms with Crippen LogP contribution in [0.25, 0.3) is 0 Å². The molecule has 0 bridgehead atoms. The van der Waals surface area contributed by atoms with Crippen molar-refractivity contribution in [3.05, 3.63) is 55.6 Å². The lowest BCUT2D eigenvalue weighted by molar-refractivity contribution is 0.0931. The Hall–Kier alpha value is -2.21. The predicted octanol–water partition coefficient (Wildman–Crippen LogP) is 3.47. The minimum Gasteiger partial charge on any atom is -0.344 e. The van der Waals surface area contributed by atoms with E-state index in [0.29, 0.717) is 30.0 Å². The lowest BCUT2D eigenvalue weighted by atomic mass is 9.93. The van der Waals surface area contributed by atoms with Gasteiger partial charge in [-0.25, -0.2) is 0 Å². The van der Waals surface area contributed by atoms with Gasteiger partial charge in [0.1, 0.15) is 5.56 Å². The second-order valence-corrected chi connectivity index (χ2v) is 7.83. The maximum absolute atomic E-state index is 12.7. The zero-order chi connectivity index (χ0) is 18.0. The Bertz CT molecular complexity index is 837. The molecule has 2 aromatic heterocycles. The third-order valence-electron chi connectivity index (χ3n) is 4.40. The number of nitrogens with one attached hydrogen (secondary N) is 2. The number of H-pyrrole nitrogens is 1. The summed E-state index contributed by atoms with van der Waals surface area (Å²) in [4.78, 5) is 40.9. The van der Waals surface area contributed by atoms with Crippen molar-refractivity contribution in [3.8, 4) is 0 Å². The first-order valence-electron chi connectivity index (χ1n) is 8.59. The number of hydrogen-bond acceptors (Lipinski definition) is 4. The minimum atomic E-state index is -0.430. The minimum absolute atomic E-state index is 0.0106. The standard InChI is InChI=1S/C19H22N2O3S/c1-11(2)9-15(17-7-4-8-25-17)21-19(24)13-10-12-14(20-18(13)23)5-3-6-16(12)22/h4,7-8,10-11,15H,3,5-6,9H2,1-2H3,(H,20,23)(H,21,24)/t15-/m1/s1. The molecule has 5 nitrogen and oxygen atoms in total. The van der Waals surface area contributed by atoms with E-state index in [0.717, 1.165) is 17.7 Å². The molecule has 2 N–H and O–H groups in total. The Labute approximate surface area is 150 Å². The Kier molecular flexibility index (Phi) is 5.18. The first-order chi connectivity index (χ1) is 12.0. The van der Waals surface area contributed by atoms with Gasteiger partial charge in [0.05, 0.1) is 6.04 Å². The zero-order valence-electron chi connectivity index (χ0n) is 14.4. The molecule has 2 aromatic rings. The molecule has 3 rings (SSSR count). The molecule has 0 aliphatic heterocycles. The number of rotatable bonds is 5. The van der Waals surface area contributed by atoms with Gasteiger partial charge in [-0.05, 0) is 42.7 Å². The number of ketones is 1. The number of thiophene rings is 1. The van der Waals surface area contributed by atoms with E-state index in [4.69, 9.17) is 0 Å². The largest absolute Gasteiger partial charge is 0.344 e. The highest BCUT2D eigenvalue weighted by Gasteiger charge is 2.24. The molecule has 2 heterocycles. The van der Waals surface area contributed by atoms with E-state index in [2.05, 4.69) is 24.1 Å². The highest BCUT2D eigenvalue weighted by Crippen LogP contribution is 2.26. The van der Waals surface area contributed by atoms with Crippen molar-refractivity contribution in [1.82, 2.24) is 10.3 Å². The van der Waals surface area contributed by atoms with Gasteiger partial charge in [-0.15, -0.1) is 11.3 Å². The average molecular weight is 358 g/mol. The number of amides is 1. The predicted molar refractivity (Wildman–Crippen MR) is 98.3 cm³/mol. The van der Waals surface area contributed by atoms with Crippen LogP contribution in [0.1, 0.15) is 70.4 Å². The molecule has 1 aliphatic rings. The summed E-state index contributed by atoms with van der Waals surface area (Å²) < 4.78 is 0. The maximum Gasteiger partial charge on any atom is 0.261 e. The smallest absolute Gasteiger partial charge is 0.261 e. The van der Waals surface area contributed by atoms with E-state index >= 15 is 0 Å². The molecule has 1 amide bonds. The second kappa shape index (κ2) is 7.35. The van der Waals surface area contributed by atoms with Gasteiger partial charge < -0.3 is 10.3 Å². The van der Waals surface area contributed by atoms with Crippen molar-refractivity contribution in [2.24, 2.45) is 5.92 Å². The number of aryl methyl sites for hydroxylation is 1. The molecule has 0 aromatic carbocycles. The zero-order valence-corrected chi connectivity index (χ0v) is 15.2. The monoisotopic (exact) mass is 358 g/mol. The van der Waals surface area contributed by atoms with Crippen LogP contribution < -0.4 is 10.9 Å². The van der Waals surface area contributed by atoms with Crippen LogP contribution in [0.15, 0.2) is 28.4 Å². The van der Waals surface area contributed by atoms with Crippen molar-refractivity contribution in [3.63, 3.8) is 0 Å².